The number of carbonyl (C=O) groups is 2. The van der Waals surface area contributed by atoms with Gasteiger partial charge in [0.05, 0.1) is 25.4 Å². The summed E-state index contributed by atoms with van der Waals surface area (Å²) in [6.45, 7) is 4.92. The lowest BCUT2D eigenvalue weighted by Crippen LogP contribution is -2.45. The van der Waals surface area contributed by atoms with Crippen molar-refractivity contribution in [2.75, 3.05) is 13.2 Å². The summed E-state index contributed by atoms with van der Waals surface area (Å²) in [7, 11) is 0. The maximum Gasteiger partial charge on any atom is 0.305 e. The molecule has 0 aromatic carbocycles. The highest BCUT2D eigenvalue weighted by atomic mass is 16.5. The van der Waals surface area contributed by atoms with Crippen molar-refractivity contribution < 1.29 is 24.5 Å². The highest BCUT2D eigenvalue weighted by Gasteiger charge is 2.18. The summed E-state index contributed by atoms with van der Waals surface area (Å²) in [5.41, 5.74) is 0. The number of nitrogens with one attached hydrogen (secondary N) is 1. The van der Waals surface area contributed by atoms with Gasteiger partial charge in [-0.1, -0.05) is 365 Å². The van der Waals surface area contributed by atoms with Crippen LogP contribution in [0.3, 0.4) is 0 Å². The van der Waals surface area contributed by atoms with Crippen molar-refractivity contribution in [3.8, 4) is 0 Å². The second kappa shape index (κ2) is 73.5. The van der Waals surface area contributed by atoms with Gasteiger partial charge in [0.2, 0.25) is 5.91 Å². The molecule has 3 N–H and O–H groups in total. The van der Waals surface area contributed by atoms with Gasteiger partial charge in [-0.2, -0.15) is 0 Å². The molecule has 0 bridgehead atoms. The SMILES string of the molecule is CCCCC/C=C\CCCCCCCC(=O)OCCCCCCCCCCCCCC/C=C\CCCCCCCCCCCCCCCCCCC(=O)NC(CO)C(O)/C=C/CCCCCCCCCCCCCCCCCCCCCCC. The van der Waals surface area contributed by atoms with Gasteiger partial charge in [-0.15, -0.1) is 0 Å². The summed E-state index contributed by atoms with van der Waals surface area (Å²) in [6.07, 6.45) is 95.4. The molecule has 84 heavy (non-hydrogen) atoms. The Hall–Kier alpha value is -1.92. The fraction of sp³-hybridized carbons (Fsp3) is 0.897. The second-order valence-corrected chi connectivity index (χ2v) is 26.3. The molecule has 0 spiro atoms. The maximum absolute atomic E-state index is 12.5. The van der Waals surface area contributed by atoms with Gasteiger partial charge >= 0.3 is 5.97 Å². The zero-order chi connectivity index (χ0) is 60.6. The van der Waals surface area contributed by atoms with Gasteiger partial charge in [-0.25, -0.2) is 0 Å². The second-order valence-electron chi connectivity index (χ2n) is 26.3. The van der Waals surface area contributed by atoms with Crippen molar-refractivity contribution in [3.05, 3.63) is 36.5 Å². The molecule has 0 rings (SSSR count). The number of unbranched alkanes of at least 4 members (excludes halogenated alkanes) is 57. The van der Waals surface area contributed by atoms with Crippen LogP contribution in [0.15, 0.2) is 36.5 Å². The van der Waals surface area contributed by atoms with E-state index in [1.54, 1.807) is 6.08 Å². The molecule has 0 heterocycles. The van der Waals surface area contributed by atoms with E-state index in [0.717, 1.165) is 44.9 Å². The number of hydrogen-bond donors (Lipinski definition) is 3. The topological polar surface area (TPSA) is 95.9 Å². The number of rotatable bonds is 72. The van der Waals surface area contributed by atoms with Crippen LogP contribution in [0, 0.1) is 0 Å². The minimum Gasteiger partial charge on any atom is -0.466 e. The first-order valence-corrected chi connectivity index (χ1v) is 38.3. The van der Waals surface area contributed by atoms with E-state index in [4.69, 9.17) is 4.74 Å². The number of amides is 1. The highest BCUT2D eigenvalue weighted by molar-refractivity contribution is 5.76. The Labute approximate surface area is 525 Å². The number of aliphatic hydroxyl groups is 2. The number of esters is 1. The zero-order valence-corrected chi connectivity index (χ0v) is 56.9. The first-order valence-electron chi connectivity index (χ1n) is 38.3. The normalized spacial score (nSPS) is 12.7. The van der Waals surface area contributed by atoms with E-state index in [0.29, 0.717) is 19.4 Å². The monoisotopic (exact) mass is 1180 g/mol. The van der Waals surface area contributed by atoms with Crippen LogP contribution in [-0.4, -0.2) is 47.4 Å². The molecule has 2 unspecified atom stereocenters. The molecule has 496 valence electrons. The van der Waals surface area contributed by atoms with Crippen molar-refractivity contribution >= 4 is 11.9 Å². The van der Waals surface area contributed by atoms with E-state index in [2.05, 4.69) is 43.5 Å². The molecule has 1 amide bonds. The van der Waals surface area contributed by atoms with E-state index in [-0.39, 0.29) is 18.5 Å². The predicted molar refractivity (Wildman–Crippen MR) is 370 cm³/mol. The van der Waals surface area contributed by atoms with Crippen LogP contribution in [0.2, 0.25) is 0 Å². The maximum atomic E-state index is 12.5. The van der Waals surface area contributed by atoms with Crippen molar-refractivity contribution in [2.45, 2.75) is 437 Å². The molecule has 0 aliphatic carbocycles. The molecule has 0 radical (unpaired) electrons. The van der Waals surface area contributed by atoms with Gasteiger partial charge < -0.3 is 20.3 Å². The lowest BCUT2D eigenvalue weighted by Gasteiger charge is -2.20. The average molecular weight is 1180 g/mol. The van der Waals surface area contributed by atoms with Crippen LogP contribution < -0.4 is 5.32 Å². The van der Waals surface area contributed by atoms with Gasteiger partial charge in [-0.3, -0.25) is 9.59 Å². The average Bonchev–Trinajstić information content (AvgIpc) is 3.52. The van der Waals surface area contributed by atoms with Crippen LogP contribution in [0.1, 0.15) is 425 Å². The number of ether oxygens (including phenoxy) is 1. The standard InChI is InChI=1S/C78H149NO5/c1-3-5-7-9-11-13-15-17-18-19-20-21-32-35-38-41-44-47-50-54-58-62-66-70-76(81)75(74-80)79-77(82)71-67-63-59-55-51-48-45-42-39-36-33-30-28-26-24-22-23-25-27-29-31-34-37-40-43-46-49-53-57-61-65-69-73-84-78(83)72-68-64-60-56-52-16-14-12-10-8-6-4-2/h12,14,25,27,66,70,75-76,80-81H,3-11,13,15-24,26,28-65,67-69,71-74H2,1-2H3,(H,79,82)/b14-12-,27-25-,70-66+. The number of aliphatic hydroxyl groups excluding tert-OH is 2. The Morgan fingerprint density at radius 2 is 0.560 bits per heavy atom. The Morgan fingerprint density at radius 3 is 0.869 bits per heavy atom. The van der Waals surface area contributed by atoms with Crippen LogP contribution in [0.25, 0.3) is 0 Å². The highest BCUT2D eigenvalue weighted by Crippen LogP contribution is 2.19. The van der Waals surface area contributed by atoms with Gasteiger partial charge in [0.25, 0.3) is 0 Å². The summed E-state index contributed by atoms with van der Waals surface area (Å²) in [5, 5.41) is 23.3. The molecular formula is C78H149NO5. The third kappa shape index (κ3) is 69.2. The summed E-state index contributed by atoms with van der Waals surface area (Å²) in [4.78, 5) is 24.6. The molecule has 0 saturated carbocycles. The molecule has 2 atom stereocenters. The summed E-state index contributed by atoms with van der Waals surface area (Å²) >= 11 is 0. The van der Waals surface area contributed by atoms with Crippen molar-refractivity contribution in [1.29, 1.82) is 0 Å². The van der Waals surface area contributed by atoms with E-state index >= 15 is 0 Å². The summed E-state index contributed by atoms with van der Waals surface area (Å²) in [6, 6.07) is -0.627. The summed E-state index contributed by atoms with van der Waals surface area (Å²) < 4.78 is 5.48. The lowest BCUT2D eigenvalue weighted by molar-refractivity contribution is -0.143. The lowest BCUT2D eigenvalue weighted by atomic mass is 10.0. The minimum atomic E-state index is -0.844. The molecule has 0 aliphatic rings. The first-order chi connectivity index (χ1) is 41.5. The molecule has 0 aromatic heterocycles. The Balaban J connectivity index is 3.39. The van der Waals surface area contributed by atoms with Crippen molar-refractivity contribution in [1.82, 2.24) is 5.32 Å². The van der Waals surface area contributed by atoms with E-state index in [1.807, 2.05) is 6.08 Å². The number of allylic oxidation sites excluding steroid dienone is 5. The van der Waals surface area contributed by atoms with Gasteiger partial charge in [0, 0.05) is 12.8 Å². The van der Waals surface area contributed by atoms with E-state index in [9.17, 15) is 19.8 Å². The fourth-order valence-corrected chi connectivity index (χ4v) is 12.0. The number of hydrogen-bond acceptors (Lipinski definition) is 5. The third-order valence-electron chi connectivity index (χ3n) is 17.9. The molecule has 0 aromatic rings. The van der Waals surface area contributed by atoms with Crippen molar-refractivity contribution in [2.24, 2.45) is 0 Å². The zero-order valence-electron chi connectivity index (χ0n) is 56.9. The smallest absolute Gasteiger partial charge is 0.305 e. The quantitative estimate of drug-likeness (QED) is 0.0320. The first kappa shape index (κ1) is 82.1. The van der Waals surface area contributed by atoms with E-state index < -0.39 is 12.1 Å². The van der Waals surface area contributed by atoms with Crippen LogP contribution in [0.5, 0.6) is 0 Å². The fourth-order valence-electron chi connectivity index (χ4n) is 12.0. The Kier molecular flexibility index (Phi) is 71.9. The van der Waals surface area contributed by atoms with Crippen LogP contribution in [0.4, 0.5) is 0 Å². The molecule has 0 aliphatic heterocycles. The van der Waals surface area contributed by atoms with Gasteiger partial charge in [0.15, 0.2) is 0 Å². The van der Waals surface area contributed by atoms with Gasteiger partial charge in [0.1, 0.15) is 0 Å². The van der Waals surface area contributed by atoms with E-state index in [1.165, 1.54) is 353 Å². The Morgan fingerprint density at radius 1 is 0.321 bits per heavy atom. The molecule has 0 fully saturated rings. The van der Waals surface area contributed by atoms with Crippen LogP contribution >= 0.6 is 0 Å². The molecule has 6 heteroatoms. The number of carbonyl (C=O) groups excluding carboxylic acids is 2. The molecule has 0 saturated heterocycles. The molecular weight excluding hydrogens is 1030 g/mol. The van der Waals surface area contributed by atoms with Crippen LogP contribution in [-0.2, 0) is 14.3 Å². The molecule has 6 nitrogen and oxygen atoms in total. The van der Waals surface area contributed by atoms with Crippen molar-refractivity contribution in [3.63, 3.8) is 0 Å². The predicted octanol–water partition coefficient (Wildman–Crippen LogP) is 25.0. The third-order valence-corrected chi connectivity index (χ3v) is 17.9. The van der Waals surface area contributed by atoms with Gasteiger partial charge in [-0.05, 0) is 83.5 Å². The largest absolute Gasteiger partial charge is 0.466 e. The summed E-state index contributed by atoms with van der Waals surface area (Å²) in [5.74, 6) is -0.0525. The Bertz CT molecular complexity index is 1360. The minimum absolute atomic E-state index is 0.00830.